The lowest BCUT2D eigenvalue weighted by Gasteiger charge is -2.22. The Hall–Kier alpha value is -3.59. The van der Waals surface area contributed by atoms with Gasteiger partial charge in [0, 0.05) is 36.4 Å². The molecule has 1 aliphatic heterocycles. The predicted octanol–water partition coefficient (Wildman–Crippen LogP) is 4.48. The number of anilines is 2. The van der Waals surface area contributed by atoms with Crippen LogP contribution in [0.1, 0.15) is 15.9 Å². The Labute approximate surface area is 195 Å². The van der Waals surface area contributed by atoms with Gasteiger partial charge in [0.1, 0.15) is 5.75 Å². The minimum Gasteiger partial charge on any atom is -0.497 e. The molecule has 2 aromatic rings. The molecule has 32 heavy (non-hydrogen) atoms. The molecule has 0 unspecified atom stereocenters. The largest absolute Gasteiger partial charge is 0.497 e. The molecule has 8 nitrogen and oxygen atoms in total. The maximum Gasteiger partial charge on any atom is 0.326 e. The zero-order valence-electron chi connectivity index (χ0n) is 18.0. The highest BCUT2D eigenvalue weighted by Gasteiger charge is 2.17. The van der Waals surface area contributed by atoms with Crippen molar-refractivity contribution in [3.63, 3.8) is 0 Å². The Morgan fingerprint density at radius 3 is 2.53 bits per heavy atom. The highest BCUT2D eigenvalue weighted by Crippen LogP contribution is 2.28. The van der Waals surface area contributed by atoms with Crippen LogP contribution in [0.5, 0.6) is 5.75 Å². The number of hydrogen-bond acceptors (Lipinski definition) is 5. The van der Waals surface area contributed by atoms with Crippen molar-refractivity contribution in [3.05, 3.63) is 76.4 Å². The number of allylic oxidation sites excluding steroid dienone is 2. The first-order valence-electron chi connectivity index (χ1n) is 9.77. The summed E-state index contributed by atoms with van der Waals surface area (Å²) in [6.45, 7) is 0.414. The molecule has 1 heterocycles. The van der Waals surface area contributed by atoms with Gasteiger partial charge in [0.15, 0.2) is 0 Å². The number of halogens is 1. The van der Waals surface area contributed by atoms with Crippen LogP contribution in [-0.4, -0.2) is 55.8 Å². The van der Waals surface area contributed by atoms with E-state index in [4.69, 9.17) is 4.74 Å². The van der Waals surface area contributed by atoms with Gasteiger partial charge in [-0.1, -0.05) is 28.1 Å². The third kappa shape index (κ3) is 6.21. The molecule has 166 valence electrons. The highest BCUT2D eigenvalue weighted by atomic mass is 79.9. The smallest absolute Gasteiger partial charge is 0.326 e. The zero-order valence-corrected chi connectivity index (χ0v) is 19.6. The first-order chi connectivity index (χ1) is 15.4. The number of hydrogen-bond donors (Lipinski definition) is 2. The van der Waals surface area contributed by atoms with Crippen molar-refractivity contribution in [3.8, 4) is 5.75 Å². The van der Waals surface area contributed by atoms with Crippen LogP contribution in [0.25, 0.3) is 0 Å². The van der Waals surface area contributed by atoms with Crippen LogP contribution in [-0.2, 0) is 0 Å². The van der Waals surface area contributed by atoms with Crippen molar-refractivity contribution in [2.24, 2.45) is 5.10 Å². The van der Waals surface area contributed by atoms with Gasteiger partial charge in [-0.25, -0.2) is 4.79 Å². The number of benzene rings is 2. The third-order valence-corrected chi connectivity index (χ3v) is 4.97. The quantitative estimate of drug-likeness (QED) is 0.454. The monoisotopic (exact) mass is 497 g/mol. The molecule has 0 saturated heterocycles. The minimum atomic E-state index is -0.334. The predicted molar refractivity (Wildman–Crippen MR) is 131 cm³/mol. The van der Waals surface area contributed by atoms with E-state index in [9.17, 15) is 9.59 Å². The number of rotatable bonds is 6. The van der Waals surface area contributed by atoms with Gasteiger partial charge in [0.05, 0.1) is 31.2 Å². The molecule has 0 saturated carbocycles. The number of nitrogens with one attached hydrogen (secondary N) is 2. The lowest BCUT2D eigenvalue weighted by molar-refractivity contribution is 0.102. The minimum absolute atomic E-state index is 0.301. The van der Waals surface area contributed by atoms with E-state index in [1.807, 2.05) is 32.3 Å². The van der Waals surface area contributed by atoms with Crippen molar-refractivity contribution in [1.82, 2.24) is 9.91 Å². The molecule has 3 rings (SSSR count). The SMILES string of the molecule is COc1ccc(NC(=O)c2ccc(C=NN(C)C)cc2)c(NC(=O)N2C=CC=C(Br)C2)c1. The Morgan fingerprint density at radius 1 is 1.12 bits per heavy atom. The summed E-state index contributed by atoms with van der Waals surface area (Å²) >= 11 is 3.40. The van der Waals surface area contributed by atoms with Crippen LogP contribution in [0.15, 0.2) is 70.4 Å². The van der Waals surface area contributed by atoms with E-state index in [1.165, 1.54) is 12.0 Å². The summed E-state index contributed by atoms with van der Waals surface area (Å²) < 4.78 is 6.16. The summed E-state index contributed by atoms with van der Waals surface area (Å²) in [7, 11) is 5.21. The summed E-state index contributed by atoms with van der Waals surface area (Å²) in [6, 6.07) is 11.8. The van der Waals surface area contributed by atoms with Crippen LogP contribution >= 0.6 is 15.9 Å². The number of carbonyl (C=O) groups excluding carboxylic acids is 2. The molecule has 2 aromatic carbocycles. The molecule has 0 radical (unpaired) electrons. The first kappa shape index (κ1) is 23.1. The third-order valence-electron chi connectivity index (χ3n) is 4.45. The lowest BCUT2D eigenvalue weighted by Crippen LogP contribution is -2.32. The Balaban J connectivity index is 1.76. The molecule has 0 fully saturated rings. The molecule has 0 bridgehead atoms. The van der Waals surface area contributed by atoms with E-state index >= 15 is 0 Å². The number of hydrazone groups is 1. The average Bonchev–Trinajstić information content (AvgIpc) is 2.79. The second-order valence-corrected chi connectivity index (χ2v) is 8.11. The molecule has 1 aliphatic rings. The average molecular weight is 498 g/mol. The molecule has 0 atom stereocenters. The summed E-state index contributed by atoms with van der Waals surface area (Å²) in [6.07, 6.45) is 7.04. The molecule has 9 heteroatoms. The fourth-order valence-electron chi connectivity index (χ4n) is 2.81. The van der Waals surface area contributed by atoms with Crippen molar-refractivity contribution in [1.29, 1.82) is 0 Å². The fraction of sp³-hybridized carbons (Fsp3) is 0.174. The van der Waals surface area contributed by atoms with E-state index in [2.05, 4.69) is 31.7 Å². The Morgan fingerprint density at radius 2 is 1.88 bits per heavy atom. The molecule has 0 aromatic heterocycles. The van der Waals surface area contributed by atoms with Crippen LogP contribution in [0, 0.1) is 0 Å². The van der Waals surface area contributed by atoms with Gasteiger partial charge in [-0.3, -0.25) is 9.69 Å². The number of methoxy groups -OCH3 is 1. The van der Waals surface area contributed by atoms with Crippen molar-refractivity contribution >= 4 is 45.5 Å². The summed E-state index contributed by atoms with van der Waals surface area (Å²) in [5.74, 6) is 0.253. The van der Waals surface area contributed by atoms with Crippen molar-refractivity contribution in [2.75, 3.05) is 38.4 Å². The number of carbonyl (C=O) groups is 2. The van der Waals surface area contributed by atoms with Crippen molar-refractivity contribution < 1.29 is 14.3 Å². The first-order valence-corrected chi connectivity index (χ1v) is 10.6. The molecule has 2 N–H and O–H groups in total. The zero-order chi connectivity index (χ0) is 23.1. The maximum absolute atomic E-state index is 12.8. The van der Waals surface area contributed by atoms with Crippen LogP contribution in [0.2, 0.25) is 0 Å². The van der Waals surface area contributed by atoms with Gasteiger partial charge in [0.25, 0.3) is 5.91 Å². The number of nitrogens with zero attached hydrogens (tertiary/aromatic N) is 3. The Bertz CT molecular complexity index is 1080. The molecule has 3 amide bonds. The molecule has 0 aliphatic carbocycles. The van der Waals surface area contributed by atoms with Gasteiger partial charge in [-0.2, -0.15) is 5.10 Å². The maximum atomic E-state index is 12.8. The number of urea groups is 1. The number of ether oxygens (including phenoxy) is 1. The Kier molecular flexibility index (Phi) is 7.67. The van der Waals surface area contributed by atoms with E-state index in [0.29, 0.717) is 29.2 Å². The van der Waals surface area contributed by atoms with Crippen LogP contribution in [0.3, 0.4) is 0 Å². The van der Waals surface area contributed by atoms with Gasteiger partial charge >= 0.3 is 6.03 Å². The molecular weight excluding hydrogens is 474 g/mol. The van der Waals surface area contributed by atoms with Crippen molar-refractivity contribution in [2.45, 2.75) is 0 Å². The normalized spacial score (nSPS) is 13.0. The van der Waals surface area contributed by atoms with E-state index in [1.54, 1.807) is 53.8 Å². The topological polar surface area (TPSA) is 86.3 Å². The second-order valence-electron chi connectivity index (χ2n) is 7.09. The second kappa shape index (κ2) is 10.6. The molecular formula is C23H24BrN5O3. The van der Waals surface area contributed by atoms with Gasteiger partial charge in [0.2, 0.25) is 0 Å². The highest BCUT2D eigenvalue weighted by molar-refractivity contribution is 9.11. The number of amides is 3. The van der Waals surface area contributed by atoms with Gasteiger partial charge in [-0.15, -0.1) is 0 Å². The van der Waals surface area contributed by atoms with E-state index in [0.717, 1.165) is 10.0 Å². The summed E-state index contributed by atoms with van der Waals surface area (Å²) in [5, 5.41) is 11.6. The molecule has 0 spiro atoms. The van der Waals surface area contributed by atoms with Gasteiger partial charge in [-0.05, 0) is 42.0 Å². The van der Waals surface area contributed by atoms with E-state index < -0.39 is 0 Å². The van der Waals surface area contributed by atoms with E-state index in [-0.39, 0.29) is 11.9 Å². The van der Waals surface area contributed by atoms with Crippen LogP contribution in [0.4, 0.5) is 16.2 Å². The standard InChI is InChI=1S/C23H24BrN5O3/c1-28(2)25-14-16-6-8-17(9-7-16)22(30)26-20-11-10-19(32-3)13-21(20)27-23(31)29-12-4-5-18(24)15-29/h4-14H,15H2,1-3H3,(H,26,30)(H,27,31). The summed E-state index contributed by atoms with van der Waals surface area (Å²) in [5.41, 5.74) is 2.24. The van der Waals surface area contributed by atoms with Crippen LogP contribution < -0.4 is 15.4 Å². The summed E-state index contributed by atoms with van der Waals surface area (Å²) in [4.78, 5) is 27.0. The lowest BCUT2D eigenvalue weighted by atomic mass is 10.1. The van der Waals surface area contributed by atoms with Gasteiger partial charge < -0.3 is 20.4 Å². The fourth-order valence-corrected chi connectivity index (χ4v) is 3.23.